The fraction of sp³-hybridized carbons (Fsp3) is 0.208. The van der Waals surface area contributed by atoms with Gasteiger partial charge in [-0.2, -0.15) is 0 Å². The van der Waals surface area contributed by atoms with Gasteiger partial charge in [-0.25, -0.2) is 17.6 Å². The van der Waals surface area contributed by atoms with E-state index in [1.807, 2.05) is 12.1 Å². The van der Waals surface area contributed by atoms with Crippen molar-refractivity contribution in [3.8, 4) is 0 Å². The number of benzene rings is 6. The highest BCUT2D eigenvalue weighted by Gasteiger charge is 2.39. The second-order valence-corrected chi connectivity index (χ2v) is 17.8. The van der Waals surface area contributed by atoms with E-state index in [1.165, 1.54) is 24.3 Å². The molecule has 0 radical (unpaired) electrons. The van der Waals surface area contributed by atoms with E-state index in [0.717, 1.165) is 23.3 Å². The zero-order valence-corrected chi connectivity index (χ0v) is 37.1. The molecule has 0 saturated carbocycles. The number of carbonyl (C=O) groups excluding carboxylic acids is 2. The molecule has 0 N–H and O–H groups in total. The number of nitrogens with zero attached hydrogens (tertiary/aromatic N) is 2. The van der Waals surface area contributed by atoms with Gasteiger partial charge < -0.3 is 9.80 Å². The van der Waals surface area contributed by atoms with E-state index in [-0.39, 0.29) is 36.7 Å². The number of carbonyl (C=O) groups is 2. The van der Waals surface area contributed by atoms with Crippen LogP contribution in [0.5, 0.6) is 0 Å². The van der Waals surface area contributed by atoms with Crippen LogP contribution in [0.3, 0.4) is 0 Å². The van der Waals surface area contributed by atoms with Crippen molar-refractivity contribution >= 4 is 92.8 Å². The number of hydrogen-bond donors (Lipinski definition) is 0. The SMILES string of the molecule is O=C1[C@@H](Cc2cc(F)cc(F)c2)CCC(c2ccc(Cl)cc2Cl)N1c1ccc(Cl)cc1.O=C1[C@H](Cc2cc(F)cc(F)c2)CCC(c2ccc(Cl)cc2Cl)N1c1ccc(Cl)cc1. The number of rotatable bonds is 8. The van der Waals surface area contributed by atoms with E-state index in [2.05, 4.69) is 0 Å². The van der Waals surface area contributed by atoms with E-state index in [0.29, 0.717) is 78.3 Å². The Labute approximate surface area is 386 Å². The lowest BCUT2D eigenvalue weighted by atomic mass is 9.84. The molecule has 2 unspecified atom stereocenters. The van der Waals surface area contributed by atoms with Crippen molar-refractivity contribution in [3.63, 3.8) is 0 Å². The lowest BCUT2D eigenvalue weighted by molar-refractivity contribution is -0.125. The van der Waals surface area contributed by atoms with Gasteiger partial charge >= 0.3 is 0 Å². The topological polar surface area (TPSA) is 40.6 Å². The molecule has 6 aromatic rings. The third-order valence-electron chi connectivity index (χ3n) is 11.0. The number of piperidine rings is 2. The van der Waals surface area contributed by atoms with Gasteiger partial charge in [0.25, 0.3) is 0 Å². The van der Waals surface area contributed by atoms with Crippen LogP contribution in [-0.4, -0.2) is 11.8 Å². The third kappa shape index (κ3) is 10.9. The van der Waals surface area contributed by atoms with Gasteiger partial charge in [0.2, 0.25) is 11.8 Å². The van der Waals surface area contributed by atoms with Gasteiger partial charge in [0, 0.05) is 65.5 Å². The molecule has 8 rings (SSSR count). The highest BCUT2D eigenvalue weighted by atomic mass is 35.5. The summed E-state index contributed by atoms with van der Waals surface area (Å²) in [5.41, 5.74) is 3.86. The maximum atomic E-state index is 13.6. The predicted molar refractivity (Wildman–Crippen MR) is 242 cm³/mol. The predicted octanol–water partition coefficient (Wildman–Crippen LogP) is 15.3. The highest BCUT2D eigenvalue weighted by molar-refractivity contribution is 6.36. The number of halogens is 10. The number of anilines is 2. The first-order valence-corrected chi connectivity index (χ1v) is 21.9. The molecular weight excluding hydrogens is 925 g/mol. The summed E-state index contributed by atoms with van der Waals surface area (Å²) in [7, 11) is 0. The zero-order chi connectivity index (χ0) is 44.2. The molecule has 62 heavy (non-hydrogen) atoms. The van der Waals surface area contributed by atoms with Crippen LogP contribution in [0.4, 0.5) is 28.9 Å². The lowest BCUT2D eigenvalue weighted by Gasteiger charge is -2.40. The lowest BCUT2D eigenvalue weighted by Crippen LogP contribution is -2.44. The first-order chi connectivity index (χ1) is 29.6. The summed E-state index contributed by atoms with van der Waals surface area (Å²) in [6, 6.07) is 30.6. The van der Waals surface area contributed by atoms with Crippen molar-refractivity contribution in [1.29, 1.82) is 0 Å². The minimum atomic E-state index is -0.654. The molecule has 2 aliphatic rings. The quantitative estimate of drug-likeness (QED) is 0.143. The third-order valence-corrected chi connectivity index (χ3v) is 12.7. The van der Waals surface area contributed by atoms with Crippen LogP contribution >= 0.6 is 69.6 Å². The van der Waals surface area contributed by atoms with Crippen molar-refractivity contribution in [2.45, 2.75) is 50.6 Å². The van der Waals surface area contributed by atoms with Crippen LogP contribution < -0.4 is 9.80 Å². The maximum Gasteiger partial charge on any atom is 0.231 e. The molecule has 0 spiro atoms. The summed E-state index contributed by atoms with van der Waals surface area (Å²) in [6.45, 7) is 0. The van der Waals surface area contributed by atoms with E-state index in [4.69, 9.17) is 69.6 Å². The molecule has 4 nitrogen and oxygen atoms in total. The molecule has 0 aromatic heterocycles. The second kappa shape index (κ2) is 20.0. The second-order valence-electron chi connectivity index (χ2n) is 15.2. The average Bonchev–Trinajstić information content (AvgIpc) is 3.20. The first-order valence-electron chi connectivity index (χ1n) is 19.6. The summed E-state index contributed by atoms with van der Waals surface area (Å²) < 4.78 is 54.6. The van der Waals surface area contributed by atoms with Crippen LogP contribution in [0.2, 0.25) is 30.1 Å². The van der Waals surface area contributed by atoms with Gasteiger partial charge in [-0.05, 0) is 158 Å². The molecule has 2 fully saturated rings. The molecule has 320 valence electrons. The fourth-order valence-electron chi connectivity index (χ4n) is 8.28. The smallest absolute Gasteiger partial charge is 0.231 e. The summed E-state index contributed by atoms with van der Waals surface area (Å²) in [5, 5.41) is 3.10. The summed E-state index contributed by atoms with van der Waals surface area (Å²) in [6.07, 6.45) is 2.89. The number of amides is 2. The molecule has 2 heterocycles. The molecule has 6 aromatic carbocycles. The van der Waals surface area contributed by atoms with Crippen LogP contribution in [0, 0.1) is 35.1 Å². The Morgan fingerprint density at radius 1 is 0.419 bits per heavy atom. The number of hydrogen-bond acceptors (Lipinski definition) is 2. The Bertz CT molecular complexity index is 2380. The fourth-order valence-corrected chi connectivity index (χ4v) is 9.60. The Kier molecular flexibility index (Phi) is 14.8. The molecule has 4 atom stereocenters. The monoisotopic (exact) mass is 958 g/mol. The molecule has 2 aliphatic heterocycles. The molecule has 2 saturated heterocycles. The standard InChI is InChI=1S/2C24H18Cl3F2NO/c2*25-16-2-5-20(6-3-16)30-23(21-7-4-17(26)12-22(21)27)8-1-15(24(30)31)9-14-10-18(28)13-19(29)11-14/h2*2-7,10-13,15,23H,1,8-9H2/t2*15-,23?/m10/s1. The van der Waals surface area contributed by atoms with Gasteiger partial charge in [-0.3, -0.25) is 9.59 Å². The van der Waals surface area contributed by atoms with E-state index in [1.54, 1.807) is 82.6 Å². The van der Waals surface area contributed by atoms with Gasteiger partial charge in [-0.1, -0.05) is 81.7 Å². The summed E-state index contributed by atoms with van der Waals surface area (Å²) in [5.74, 6) is -3.71. The van der Waals surface area contributed by atoms with Crippen LogP contribution in [0.1, 0.15) is 60.0 Å². The minimum absolute atomic E-state index is 0.130. The summed E-state index contributed by atoms with van der Waals surface area (Å²) >= 11 is 37.1. The molecule has 0 bridgehead atoms. The van der Waals surface area contributed by atoms with Crippen LogP contribution in [0.15, 0.2) is 121 Å². The van der Waals surface area contributed by atoms with Gasteiger partial charge in [0.1, 0.15) is 23.3 Å². The zero-order valence-electron chi connectivity index (χ0n) is 32.6. The van der Waals surface area contributed by atoms with Gasteiger partial charge in [0.05, 0.1) is 12.1 Å². The maximum absolute atomic E-state index is 13.6. The van der Waals surface area contributed by atoms with Crippen molar-refractivity contribution in [1.82, 2.24) is 0 Å². The van der Waals surface area contributed by atoms with E-state index >= 15 is 0 Å². The Morgan fingerprint density at radius 3 is 1.06 bits per heavy atom. The average molecular weight is 962 g/mol. The van der Waals surface area contributed by atoms with Crippen LogP contribution in [0.25, 0.3) is 0 Å². The normalized spacial score (nSPS) is 19.0. The molecular formula is C48H36Cl6F4N2O2. The van der Waals surface area contributed by atoms with Crippen molar-refractivity contribution in [2.24, 2.45) is 11.8 Å². The molecule has 14 heteroatoms. The summed E-state index contributed by atoms with van der Waals surface area (Å²) in [4.78, 5) is 30.6. The molecule has 2 amide bonds. The first kappa shape index (κ1) is 45.7. The Balaban J connectivity index is 0.000000186. The largest absolute Gasteiger partial charge is 0.305 e. The van der Waals surface area contributed by atoms with Gasteiger partial charge in [0.15, 0.2) is 0 Å². The highest BCUT2D eigenvalue weighted by Crippen LogP contribution is 2.44. The van der Waals surface area contributed by atoms with Gasteiger partial charge in [-0.15, -0.1) is 0 Å². The Hall–Kier alpha value is -4.28. The Morgan fingerprint density at radius 2 is 0.742 bits per heavy atom. The van der Waals surface area contributed by atoms with Crippen molar-refractivity contribution in [3.05, 3.63) is 197 Å². The van der Waals surface area contributed by atoms with E-state index in [9.17, 15) is 27.2 Å². The van der Waals surface area contributed by atoms with Crippen LogP contribution in [-0.2, 0) is 22.4 Å². The van der Waals surface area contributed by atoms with E-state index < -0.39 is 35.1 Å². The van der Waals surface area contributed by atoms with Crippen molar-refractivity contribution < 1.29 is 27.2 Å². The molecule has 0 aliphatic carbocycles. The van der Waals surface area contributed by atoms with Crippen molar-refractivity contribution in [2.75, 3.05) is 9.80 Å². The minimum Gasteiger partial charge on any atom is -0.305 e.